The van der Waals surface area contributed by atoms with Gasteiger partial charge in [0.2, 0.25) is 5.91 Å². The molecule has 0 atom stereocenters. The van der Waals surface area contributed by atoms with Crippen LogP contribution in [0.5, 0.6) is 0 Å². The quantitative estimate of drug-likeness (QED) is 0.590. The predicted molar refractivity (Wildman–Crippen MR) is 102 cm³/mol. The third kappa shape index (κ3) is 3.64. The fourth-order valence-corrected chi connectivity index (χ4v) is 3.53. The highest BCUT2D eigenvalue weighted by atomic mass is 79.9. The lowest BCUT2D eigenvalue weighted by Crippen LogP contribution is -2.44. The second-order valence-corrected chi connectivity index (χ2v) is 7.33. The van der Waals surface area contributed by atoms with Gasteiger partial charge in [-0.1, -0.05) is 34.1 Å². The van der Waals surface area contributed by atoms with E-state index in [1.54, 1.807) is 19.1 Å². The summed E-state index contributed by atoms with van der Waals surface area (Å²) >= 11 is 3.42. The maximum absolute atomic E-state index is 13.2. The molecular weight excluding hydrogens is 400 g/mol. The topological polar surface area (TPSA) is 81.5 Å². The van der Waals surface area contributed by atoms with Crippen molar-refractivity contribution in [2.24, 2.45) is 0 Å². The van der Waals surface area contributed by atoms with Crippen LogP contribution in [-0.2, 0) is 14.9 Å². The average Bonchev–Trinajstić information content (AvgIpc) is 2.64. The number of aryl methyl sites for hydroxylation is 1. The van der Waals surface area contributed by atoms with Gasteiger partial charge in [0.25, 0.3) is 5.69 Å². The molecule has 0 unspecified atom stereocenters. The zero-order chi connectivity index (χ0) is 18.7. The van der Waals surface area contributed by atoms with E-state index in [2.05, 4.69) is 21.2 Å². The Balaban J connectivity index is 1.93. The van der Waals surface area contributed by atoms with Crippen molar-refractivity contribution >= 4 is 33.2 Å². The van der Waals surface area contributed by atoms with Gasteiger partial charge >= 0.3 is 0 Å². The first-order valence-corrected chi connectivity index (χ1v) is 9.12. The van der Waals surface area contributed by atoms with E-state index in [9.17, 15) is 14.9 Å². The van der Waals surface area contributed by atoms with Gasteiger partial charge in [0, 0.05) is 35.0 Å². The molecule has 1 heterocycles. The third-order valence-electron chi connectivity index (χ3n) is 4.84. The van der Waals surface area contributed by atoms with Crippen molar-refractivity contribution in [2.45, 2.75) is 25.2 Å². The van der Waals surface area contributed by atoms with Crippen LogP contribution in [0.15, 0.2) is 46.9 Å². The van der Waals surface area contributed by atoms with Crippen molar-refractivity contribution in [2.75, 3.05) is 18.5 Å². The summed E-state index contributed by atoms with van der Waals surface area (Å²) in [7, 11) is 0. The van der Waals surface area contributed by atoms with Crippen molar-refractivity contribution in [1.82, 2.24) is 0 Å². The minimum Gasteiger partial charge on any atom is -0.381 e. The lowest BCUT2D eigenvalue weighted by Gasteiger charge is -2.36. The molecule has 2 aromatic rings. The molecule has 1 N–H and O–H groups in total. The highest BCUT2D eigenvalue weighted by Gasteiger charge is 2.41. The largest absolute Gasteiger partial charge is 0.381 e. The summed E-state index contributed by atoms with van der Waals surface area (Å²) in [6, 6.07) is 12.4. The number of rotatable bonds is 4. The van der Waals surface area contributed by atoms with Crippen LogP contribution >= 0.6 is 15.9 Å². The number of ether oxygens (including phenoxy) is 1. The normalized spacial score (nSPS) is 16.1. The molecule has 2 aromatic carbocycles. The Kier molecular flexibility index (Phi) is 5.38. The van der Waals surface area contributed by atoms with Crippen LogP contribution in [0.3, 0.4) is 0 Å². The number of nitro benzene ring substituents is 1. The van der Waals surface area contributed by atoms with E-state index in [4.69, 9.17) is 4.74 Å². The molecule has 6 nitrogen and oxygen atoms in total. The highest BCUT2D eigenvalue weighted by Crippen LogP contribution is 2.37. The summed E-state index contributed by atoms with van der Waals surface area (Å²) in [5.74, 6) is -0.165. The summed E-state index contributed by atoms with van der Waals surface area (Å²) in [6.07, 6.45) is 1.13. The Bertz CT molecular complexity index is 830. The molecule has 3 rings (SSSR count). The van der Waals surface area contributed by atoms with Crippen LogP contribution in [0.4, 0.5) is 11.4 Å². The molecule has 1 fully saturated rings. The number of halogens is 1. The minimum absolute atomic E-state index is 0.00697. The molecule has 0 aliphatic carbocycles. The highest BCUT2D eigenvalue weighted by molar-refractivity contribution is 9.10. The van der Waals surface area contributed by atoms with Crippen LogP contribution in [-0.4, -0.2) is 24.0 Å². The van der Waals surface area contributed by atoms with E-state index < -0.39 is 10.3 Å². The van der Waals surface area contributed by atoms with Gasteiger partial charge in [-0.15, -0.1) is 0 Å². The number of carbonyl (C=O) groups is 1. The smallest absolute Gasteiger partial charge is 0.274 e. The van der Waals surface area contributed by atoms with Gasteiger partial charge in [0.05, 0.1) is 10.3 Å². The standard InChI is InChI=1S/C19H19BrN2O4/c1-13-2-7-16(12-17(13)22(24)25)21-18(23)19(8-10-26-11-9-19)14-3-5-15(20)6-4-14/h2-7,12H,8-11H2,1H3,(H,21,23). The van der Waals surface area contributed by atoms with Crippen molar-refractivity contribution in [3.8, 4) is 0 Å². The third-order valence-corrected chi connectivity index (χ3v) is 5.37. The first kappa shape index (κ1) is 18.5. The molecule has 0 bridgehead atoms. The summed E-state index contributed by atoms with van der Waals surface area (Å²) in [5, 5.41) is 14.0. The summed E-state index contributed by atoms with van der Waals surface area (Å²) < 4.78 is 6.40. The maximum Gasteiger partial charge on any atom is 0.274 e. The first-order valence-electron chi connectivity index (χ1n) is 8.33. The van der Waals surface area contributed by atoms with Gasteiger partial charge in [0.1, 0.15) is 0 Å². The van der Waals surface area contributed by atoms with Gasteiger partial charge in [-0.2, -0.15) is 0 Å². The van der Waals surface area contributed by atoms with E-state index in [0.717, 1.165) is 10.0 Å². The predicted octanol–water partition coefficient (Wildman–Crippen LogP) is 4.35. The number of nitro groups is 1. The van der Waals surface area contributed by atoms with E-state index in [1.807, 2.05) is 24.3 Å². The molecule has 0 spiro atoms. The van der Waals surface area contributed by atoms with Crippen molar-refractivity contribution in [3.63, 3.8) is 0 Å². The Morgan fingerprint density at radius 3 is 2.46 bits per heavy atom. The lowest BCUT2D eigenvalue weighted by atomic mass is 9.73. The lowest BCUT2D eigenvalue weighted by molar-refractivity contribution is -0.385. The van der Waals surface area contributed by atoms with Gasteiger partial charge in [-0.3, -0.25) is 14.9 Å². The molecule has 1 saturated heterocycles. The number of hydrogen-bond acceptors (Lipinski definition) is 4. The van der Waals surface area contributed by atoms with Gasteiger partial charge in [-0.05, 0) is 43.5 Å². The molecule has 26 heavy (non-hydrogen) atoms. The Hall–Kier alpha value is -2.25. The fourth-order valence-electron chi connectivity index (χ4n) is 3.27. The maximum atomic E-state index is 13.2. The molecule has 0 saturated carbocycles. The minimum atomic E-state index is -0.710. The Morgan fingerprint density at radius 1 is 1.19 bits per heavy atom. The monoisotopic (exact) mass is 418 g/mol. The molecule has 7 heteroatoms. The van der Waals surface area contributed by atoms with Crippen molar-refractivity contribution < 1.29 is 14.5 Å². The molecular formula is C19H19BrN2O4. The first-order chi connectivity index (χ1) is 12.4. The van der Waals surface area contributed by atoms with Crippen molar-refractivity contribution in [3.05, 3.63) is 68.2 Å². The van der Waals surface area contributed by atoms with Crippen molar-refractivity contribution in [1.29, 1.82) is 0 Å². The zero-order valence-electron chi connectivity index (χ0n) is 14.3. The zero-order valence-corrected chi connectivity index (χ0v) is 15.9. The Labute approximate surface area is 159 Å². The number of amides is 1. The van der Waals surface area contributed by atoms with Gasteiger partial charge in [-0.25, -0.2) is 0 Å². The number of carbonyl (C=O) groups excluding carboxylic acids is 1. The van der Waals surface area contributed by atoms with Gasteiger partial charge < -0.3 is 10.1 Å². The van der Waals surface area contributed by atoms with E-state index in [0.29, 0.717) is 37.3 Å². The van der Waals surface area contributed by atoms with Crippen LogP contribution < -0.4 is 5.32 Å². The number of nitrogens with zero attached hydrogens (tertiary/aromatic N) is 1. The van der Waals surface area contributed by atoms with Crippen LogP contribution in [0, 0.1) is 17.0 Å². The van der Waals surface area contributed by atoms with Crippen LogP contribution in [0.1, 0.15) is 24.0 Å². The van der Waals surface area contributed by atoms with E-state index in [-0.39, 0.29) is 11.6 Å². The second-order valence-electron chi connectivity index (χ2n) is 6.41. The summed E-state index contributed by atoms with van der Waals surface area (Å²) in [5.41, 5.74) is 1.19. The van der Waals surface area contributed by atoms with Crippen LogP contribution in [0.2, 0.25) is 0 Å². The number of nitrogens with one attached hydrogen (secondary N) is 1. The van der Waals surface area contributed by atoms with E-state index in [1.165, 1.54) is 6.07 Å². The number of hydrogen-bond donors (Lipinski definition) is 1. The molecule has 1 amide bonds. The SMILES string of the molecule is Cc1ccc(NC(=O)C2(c3ccc(Br)cc3)CCOCC2)cc1[N+](=O)[O-]. The summed E-state index contributed by atoms with van der Waals surface area (Å²) in [6.45, 7) is 2.67. The number of anilines is 1. The molecule has 136 valence electrons. The molecule has 0 aromatic heterocycles. The Morgan fingerprint density at radius 2 is 1.85 bits per heavy atom. The van der Waals surface area contributed by atoms with E-state index >= 15 is 0 Å². The molecule has 0 radical (unpaired) electrons. The average molecular weight is 419 g/mol. The second kappa shape index (κ2) is 7.55. The van der Waals surface area contributed by atoms with Gasteiger partial charge in [0.15, 0.2) is 0 Å². The molecule has 1 aliphatic heterocycles. The number of benzene rings is 2. The fraction of sp³-hybridized carbons (Fsp3) is 0.316. The summed E-state index contributed by atoms with van der Waals surface area (Å²) in [4.78, 5) is 23.9. The van der Waals surface area contributed by atoms with Crippen LogP contribution in [0.25, 0.3) is 0 Å². The molecule has 1 aliphatic rings.